The van der Waals surface area contributed by atoms with Crippen LogP contribution in [0.15, 0.2) is 24.3 Å². The van der Waals surface area contributed by atoms with Crippen molar-refractivity contribution in [1.82, 2.24) is 5.32 Å². The van der Waals surface area contributed by atoms with E-state index in [-0.39, 0.29) is 11.6 Å². The molecule has 0 aliphatic rings. The molecule has 0 spiro atoms. The van der Waals surface area contributed by atoms with Gasteiger partial charge in [-0.3, -0.25) is 0 Å². The van der Waals surface area contributed by atoms with Crippen molar-refractivity contribution in [2.45, 2.75) is 32.7 Å². The summed E-state index contributed by atoms with van der Waals surface area (Å²) in [5, 5.41) is 5.62. The second-order valence-electron chi connectivity index (χ2n) is 5.06. The topological polar surface area (TPSA) is 67.2 Å². The van der Waals surface area contributed by atoms with Crippen LogP contribution >= 0.6 is 0 Å². The predicted octanol–water partition coefficient (Wildman–Crippen LogP) is 2.11. The van der Waals surface area contributed by atoms with E-state index < -0.39 is 0 Å². The quantitative estimate of drug-likeness (QED) is 0.751. The van der Waals surface area contributed by atoms with Crippen molar-refractivity contribution in [3.8, 4) is 0 Å². The lowest BCUT2D eigenvalue weighted by atomic mass is 10.1. The van der Waals surface area contributed by atoms with E-state index in [1.54, 1.807) is 0 Å². The van der Waals surface area contributed by atoms with Gasteiger partial charge in [-0.15, -0.1) is 0 Å². The lowest BCUT2D eigenvalue weighted by Gasteiger charge is -2.20. The highest BCUT2D eigenvalue weighted by Crippen LogP contribution is 2.10. The second kappa shape index (κ2) is 5.68. The lowest BCUT2D eigenvalue weighted by molar-refractivity contribution is 0.244. The van der Waals surface area contributed by atoms with E-state index in [9.17, 15) is 4.79 Å². The molecule has 0 aliphatic heterocycles. The number of nitrogens with one attached hydrogen (secondary N) is 2. The minimum Gasteiger partial charge on any atom is -0.333 e. The van der Waals surface area contributed by atoms with Gasteiger partial charge in [0, 0.05) is 11.2 Å². The molecule has 1 aromatic rings. The smallest absolute Gasteiger partial charge is 0.319 e. The second-order valence-corrected chi connectivity index (χ2v) is 5.06. The molecule has 0 aromatic heterocycles. The van der Waals surface area contributed by atoms with Crippen molar-refractivity contribution in [1.29, 1.82) is 0 Å². The molecule has 1 aromatic carbocycles. The van der Waals surface area contributed by atoms with E-state index in [0.29, 0.717) is 6.54 Å². The van der Waals surface area contributed by atoms with Gasteiger partial charge in [-0.2, -0.15) is 0 Å². The number of hydrogen-bond donors (Lipinski definition) is 3. The van der Waals surface area contributed by atoms with Crippen molar-refractivity contribution in [3.63, 3.8) is 0 Å². The summed E-state index contributed by atoms with van der Waals surface area (Å²) in [5.41, 5.74) is 7.20. The zero-order valence-corrected chi connectivity index (χ0v) is 10.7. The van der Waals surface area contributed by atoms with E-state index in [4.69, 9.17) is 5.73 Å². The molecule has 1 rings (SSSR count). The summed E-state index contributed by atoms with van der Waals surface area (Å²) in [4.78, 5) is 11.6. The Morgan fingerprint density at radius 1 is 1.24 bits per heavy atom. The summed E-state index contributed by atoms with van der Waals surface area (Å²) in [5.74, 6) is 0. The van der Waals surface area contributed by atoms with Crippen molar-refractivity contribution in [2.75, 3.05) is 11.9 Å². The van der Waals surface area contributed by atoms with Crippen molar-refractivity contribution >= 4 is 11.7 Å². The average molecular weight is 235 g/mol. The first kappa shape index (κ1) is 13.5. The number of anilines is 1. The molecule has 0 saturated heterocycles. The molecule has 4 nitrogen and oxygen atoms in total. The number of benzene rings is 1. The Morgan fingerprint density at radius 2 is 1.82 bits per heavy atom. The van der Waals surface area contributed by atoms with Crippen LogP contribution in [-0.2, 0) is 6.42 Å². The minimum absolute atomic E-state index is 0.191. The van der Waals surface area contributed by atoms with Gasteiger partial charge in [-0.25, -0.2) is 4.79 Å². The highest BCUT2D eigenvalue weighted by molar-refractivity contribution is 5.89. The zero-order valence-electron chi connectivity index (χ0n) is 10.7. The third-order valence-corrected chi connectivity index (χ3v) is 2.13. The molecule has 2 amide bonds. The van der Waals surface area contributed by atoms with Crippen molar-refractivity contribution < 1.29 is 4.79 Å². The van der Waals surface area contributed by atoms with Crippen LogP contribution in [0.5, 0.6) is 0 Å². The summed E-state index contributed by atoms with van der Waals surface area (Å²) in [6.07, 6.45) is 0.856. The summed E-state index contributed by atoms with van der Waals surface area (Å²) >= 11 is 0. The van der Waals surface area contributed by atoms with E-state index in [0.717, 1.165) is 12.1 Å². The number of amides is 2. The molecule has 0 saturated carbocycles. The molecular weight excluding hydrogens is 214 g/mol. The van der Waals surface area contributed by atoms with Gasteiger partial charge in [0.05, 0.1) is 0 Å². The molecule has 0 aliphatic carbocycles. The zero-order chi connectivity index (χ0) is 12.9. The van der Waals surface area contributed by atoms with Crippen molar-refractivity contribution in [3.05, 3.63) is 29.8 Å². The minimum atomic E-state index is -0.233. The highest BCUT2D eigenvalue weighted by Gasteiger charge is 2.13. The van der Waals surface area contributed by atoms with Crippen LogP contribution in [0.25, 0.3) is 0 Å². The summed E-state index contributed by atoms with van der Waals surface area (Å²) < 4.78 is 0. The monoisotopic (exact) mass is 235 g/mol. The van der Waals surface area contributed by atoms with Crippen LogP contribution < -0.4 is 16.4 Å². The van der Waals surface area contributed by atoms with E-state index in [1.807, 2.05) is 45.0 Å². The molecule has 0 fully saturated rings. The first-order chi connectivity index (χ1) is 7.90. The van der Waals surface area contributed by atoms with Gasteiger partial charge in [0.2, 0.25) is 0 Å². The van der Waals surface area contributed by atoms with Gasteiger partial charge in [-0.05, 0) is 51.4 Å². The Labute approximate surface area is 103 Å². The normalized spacial score (nSPS) is 11.1. The van der Waals surface area contributed by atoms with Crippen LogP contribution in [-0.4, -0.2) is 18.1 Å². The van der Waals surface area contributed by atoms with Crippen molar-refractivity contribution in [2.24, 2.45) is 5.73 Å². The number of rotatable bonds is 3. The Kier molecular flexibility index (Phi) is 4.52. The number of hydrogen-bond acceptors (Lipinski definition) is 2. The molecule has 4 heteroatoms. The summed E-state index contributed by atoms with van der Waals surface area (Å²) in [6.45, 7) is 6.46. The molecule has 0 radical (unpaired) electrons. The fourth-order valence-corrected chi connectivity index (χ4v) is 1.42. The fourth-order valence-electron chi connectivity index (χ4n) is 1.42. The molecule has 0 atom stereocenters. The first-order valence-electron chi connectivity index (χ1n) is 5.79. The van der Waals surface area contributed by atoms with Gasteiger partial charge in [0.25, 0.3) is 0 Å². The molecule has 94 valence electrons. The maximum Gasteiger partial charge on any atom is 0.319 e. The molecule has 4 N–H and O–H groups in total. The van der Waals surface area contributed by atoms with Gasteiger partial charge >= 0.3 is 6.03 Å². The Hall–Kier alpha value is -1.55. The largest absolute Gasteiger partial charge is 0.333 e. The number of nitrogens with two attached hydrogens (primary N) is 1. The molecule has 0 bridgehead atoms. The lowest BCUT2D eigenvalue weighted by Crippen LogP contribution is -2.43. The Bertz CT molecular complexity index is 365. The number of carbonyl (C=O) groups excluding carboxylic acids is 1. The van der Waals surface area contributed by atoms with Gasteiger partial charge < -0.3 is 16.4 Å². The summed E-state index contributed by atoms with van der Waals surface area (Å²) in [7, 11) is 0. The third-order valence-electron chi connectivity index (χ3n) is 2.13. The van der Waals surface area contributed by atoms with Crippen LogP contribution in [0.1, 0.15) is 26.3 Å². The average Bonchev–Trinajstić information content (AvgIpc) is 2.18. The van der Waals surface area contributed by atoms with Crippen LogP contribution in [0.2, 0.25) is 0 Å². The molecule has 0 heterocycles. The van der Waals surface area contributed by atoms with Gasteiger partial charge in [-0.1, -0.05) is 12.1 Å². The van der Waals surface area contributed by atoms with Gasteiger partial charge in [0.1, 0.15) is 0 Å². The maximum absolute atomic E-state index is 11.6. The van der Waals surface area contributed by atoms with Gasteiger partial charge in [0.15, 0.2) is 0 Å². The van der Waals surface area contributed by atoms with E-state index >= 15 is 0 Å². The van der Waals surface area contributed by atoms with E-state index in [1.165, 1.54) is 5.56 Å². The third kappa shape index (κ3) is 5.36. The Morgan fingerprint density at radius 3 is 2.29 bits per heavy atom. The van der Waals surface area contributed by atoms with Crippen LogP contribution in [0, 0.1) is 0 Å². The molecule has 0 unspecified atom stereocenters. The number of carbonyl (C=O) groups is 1. The standard InChI is InChI=1S/C13H21N3O/c1-13(2,3)16-12(17)15-11-6-4-10(5-7-11)8-9-14/h4-7H,8-9,14H2,1-3H3,(H2,15,16,17). The molecule has 17 heavy (non-hydrogen) atoms. The van der Waals surface area contributed by atoms with Crippen LogP contribution in [0.3, 0.4) is 0 Å². The van der Waals surface area contributed by atoms with E-state index in [2.05, 4.69) is 10.6 Å². The number of urea groups is 1. The maximum atomic E-state index is 11.6. The predicted molar refractivity (Wildman–Crippen MR) is 71.1 cm³/mol. The fraction of sp³-hybridized carbons (Fsp3) is 0.462. The molecular formula is C13H21N3O. The van der Waals surface area contributed by atoms with Crippen LogP contribution in [0.4, 0.5) is 10.5 Å². The SMILES string of the molecule is CC(C)(C)NC(=O)Nc1ccc(CCN)cc1. The highest BCUT2D eigenvalue weighted by atomic mass is 16.2. The Balaban J connectivity index is 2.54. The first-order valence-corrected chi connectivity index (χ1v) is 5.79. The summed E-state index contributed by atoms with van der Waals surface area (Å²) in [6, 6.07) is 7.52.